The van der Waals surface area contributed by atoms with Crippen LogP contribution in [0, 0.1) is 19.7 Å². The molecule has 1 amide bonds. The molecule has 174 valence electrons. The Bertz CT molecular complexity index is 1300. The van der Waals surface area contributed by atoms with E-state index in [-0.39, 0.29) is 17.5 Å². The number of hydrogen-bond acceptors (Lipinski definition) is 3. The number of anilines is 1. The molecular weight excluding hydrogens is 429 g/mol. The third-order valence-electron chi connectivity index (χ3n) is 6.79. The summed E-state index contributed by atoms with van der Waals surface area (Å²) >= 11 is 0. The zero-order valence-electron chi connectivity index (χ0n) is 19.5. The fourth-order valence-corrected chi connectivity index (χ4v) is 4.96. The Labute approximate surface area is 198 Å². The summed E-state index contributed by atoms with van der Waals surface area (Å²) in [5.41, 5.74) is 6.38. The number of carbonyl (C=O) groups is 1. The fraction of sp³-hybridized carbons (Fsp3) is 0.286. The van der Waals surface area contributed by atoms with E-state index in [1.54, 1.807) is 24.3 Å². The summed E-state index contributed by atoms with van der Waals surface area (Å²) in [7, 11) is 0. The maximum absolute atomic E-state index is 13.6. The number of rotatable bonds is 5. The largest absolute Gasteiger partial charge is 0.459 e. The highest BCUT2D eigenvalue weighted by Gasteiger charge is 2.25. The van der Waals surface area contributed by atoms with Gasteiger partial charge >= 0.3 is 0 Å². The van der Waals surface area contributed by atoms with Crippen LogP contribution >= 0.6 is 0 Å². The summed E-state index contributed by atoms with van der Waals surface area (Å²) in [6, 6.07) is 14.3. The number of aryl methyl sites for hydroxylation is 1. The second kappa shape index (κ2) is 9.29. The Hall–Kier alpha value is -3.67. The van der Waals surface area contributed by atoms with Crippen LogP contribution in [0.5, 0.6) is 0 Å². The van der Waals surface area contributed by atoms with Crippen molar-refractivity contribution in [1.82, 2.24) is 9.55 Å². The third-order valence-corrected chi connectivity index (χ3v) is 6.79. The van der Waals surface area contributed by atoms with Crippen molar-refractivity contribution in [1.29, 1.82) is 0 Å². The number of carbonyl (C=O) groups excluding carboxylic acids is 1. The number of amides is 1. The Morgan fingerprint density at radius 1 is 1.06 bits per heavy atom. The first-order chi connectivity index (χ1) is 16.5. The predicted octanol–water partition coefficient (Wildman–Crippen LogP) is 7.32. The van der Waals surface area contributed by atoms with E-state index in [4.69, 9.17) is 9.40 Å². The van der Waals surface area contributed by atoms with Crippen LogP contribution in [0.3, 0.4) is 0 Å². The van der Waals surface area contributed by atoms with Crippen molar-refractivity contribution in [3.63, 3.8) is 0 Å². The molecule has 0 radical (unpaired) electrons. The van der Waals surface area contributed by atoms with E-state index >= 15 is 0 Å². The molecule has 5 nitrogen and oxygen atoms in total. The van der Waals surface area contributed by atoms with Gasteiger partial charge in [0.1, 0.15) is 5.82 Å². The van der Waals surface area contributed by atoms with Crippen LogP contribution in [0.25, 0.3) is 22.5 Å². The van der Waals surface area contributed by atoms with E-state index in [1.807, 2.05) is 26.2 Å². The van der Waals surface area contributed by atoms with Crippen LogP contribution in [0.2, 0.25) is 0 Å². The fourth-order valence-electron chi connectivity index (χ4n) is 4.96. The lowest BCUT2D eigenvalue weighted by Crippen LogP contribution is -2.15. The molecule has 0 aliphatic heterocycles. The van der Waals surface area contributed by atoms with E-state index in [1.165, 1.54) is 37.7 Å². The molecule has 6 heteroatoms. The lowest BCUT2D eigenvalue weighted by molar-refractivity contribution is 0.0996. The highest BCUT2D eigenvalue weighted by atomic mass is 19.1. The summed E-state index contributed by atoms with van der Waals surface area (Å²) in [6.07, 6.45) is 9.29. The van der Waals surface area contributed by atoms with Gasteiger partial charge in [-0.25, -0.2) is 9.37 Å². The molecule has 1 aliphatic carbocycles. The summed E-state index contributed by atoms with van der Waals surface area (Å²) < 4.78 is 21.2. The normalized spacial score (nSPS) is 14.3. The topological polar surface area (TPSA) is 60.1 Å². The molecule has 1 N–H and O–H groups in total. The molecule has 2 aromatic heterocycles. The van der Waals surface area contributed by atoms with Gasteiger partial charge < -0.3 is 14.3 Å². The quantitative estimate of drug-likeness (QED) is 0.341. The molecule has 1 aliphatic rings. The minimum absolute atomic E-state index is 0.267. The smallest absolute Gasteiger partial charge is 0.291 e. The number of furan rings is 1. The van der Waals surface area contributed by atoms with Crippen molar-refractivity contribution >= 4 is 11.6 Å². The average molecular weight is 458 g/mol. The molecule has 34 heavy (non-hydrogen) atoms. The van der Waals surface area contributed by atoms with Crippen molar-refractivity contribution in [2.45, 2.75) is 52.0 Å². The second-order valence-corrected chi connectivity index (χ2v) is 9.01. The molecule has 1 saturated carbocycles. The highest BCUT2D eigenvalue weighted by Crippen LogP contribution is 2.41. The molecule has 5 rings (SSSR count). The molecule has 0 spiro atoms. The Morgan fingerprint density at radius 3 is 2.53 bits per heavy atom. The summed E-state index contributed by atoms with van der Waals surface area (Å²) in [4.78, 5) is 17.6. The van der Waals surface area contributed by atoms with Gasteiger partial charge in [0.25, 0.3) is 5.91 Å². The number of aromatic nitrogens is 2. The van der Waals surface area contributed by atoms with Crippen LogP contribution in [0.1, 0.15) is 59.8 Å². The van der Waals surface area contributed by atoms with Gasteiger partial charge in [-0.15, -0.1) is 0 Å². The Morgan fingerprint density at radius 2 is 1.82 bits per heavy atom. The molecule has 0 unspecified atom stereocenters. The molecule has 0 atom stereocenters. The lowest BCUT2D eigenvalue weighted by Gasteiger charge is -2.26. The van der Waals surface area contributed by atoms with Crippen LogP contribution < -0.4 is 5.32 Å². The van der Waals surface area contributed by atoms with Crippen molar-refractivity contribution in [2.75, 3.05) is 5.32 Å². The number of nitrogens with zero attached hydrogens (tertiary/aromatic N) is 2. The van der Waals surface area contributed by atoms with Crippen LogP contribution in [0.15, 0.2) is 65.5 Å². The number of benzene rings is 2. The van der Waals surface area contributed by atoms with Gasteiger partial charge in [0.15, 0.2) is 5.76 Å². The first-order valence-electron chi connectivity index (χ1n) is 11.8. The molecule has 0 bridgehead atoms. The number of nitrogens with one attached hydrogen (secondary N) is 1. The molecule has 2 aromatic carbocycles. The van der Waals surface area contributed by atoms with Gasteiger partial charge in [-0.05, 0) is 74.2 Å². The maximum Gasteiger partial charge on any atom is 0.291 e. The van der Waals surface area contributed by atoms with Crippen molar-refractivity contribution in [2.24, 2.45) is 0 Å². The van der Waals surface area contributed by atoms with E-state index < -0.39 is 0 Å². The van der Waals surface area contributed by atoms with Crippen LogP contribution in [-0.2, 0) is 0 Å². The van der Waals surface area contributed by atoms with Gasteiger partial charge in [-0.3, -0.25) is 4.79 Å². The second-order valence-electron chi connectivity index (χ2n) is 9.01. The average Bonchev–Trinajstić information content (AvgIpc) is 3.54. The van der Waals surface area contributed by atoms with Crippen molar-refractivity contribution in [3.05, 3.63) is 83.8 Å². The van der Waals surface area contributed by atoms with Crippen molar-refractivity contribution < 1.29 is 13.6 Å². The Balaban J connectivity index is 1.64. The summed E-state index contributed by atoms with van der Waals surface area (Å²) in [5, 5.41) is 3.04. The standard InChI is InChI=1S/C28H28FN3O2/c1-18-10-15-23(19(2)25(18)31-28(33)24-9-6-16-34-24)27-26(20-11-13-21(29)14-12-20)30-17-32(27)22-7-4-3-5-8-22/h6,9-17,22H,3-5,7-8H2,1-2H3,(H,31,33). The zero-order chi connectivity index (χ0) is 23.7. The maximum atomic E-state index is 13.6. The Kier molecular flexibility index (Phi) is 6.05. The van der Waals surface area contributed by atoms with E-state index in [0.717, 1.165) is 52.2 Å². The van der Waals surface area contributed by atoms with E-state index in [2.05, 4.69) is 16.0 Å². The summed E-state index contributed by atoms with van der Waals surface area (Å²) in [5.74, 6) is -0.289. The zero-order valence-corrected chi connectivity index (χ0v) is 19.5. The monoisotopic (exact) mass is 457 g/mol. The van der Waals surface area contributed by atoms with E-state index in [9.17, 15) is 9.18 Å². The van der Waals surface area contributed by atoms with Gasteiger partial charge in [0.2, 0.25) is 0 Å². The van der Waals surface area contributed by atoms with Gasteiger partial charge in [-0.2, -0.15) is 0 Å². The van der Waals surface area contributed by atoms with Gasteiger partial charge in [-0.1, -0.05) is 31.4 Å². The minimum atomic E-state index is -0.284. The highest BCUT2D eigenvalue weighted by molar-refractivity contribution is 6.03. The molecule has 1 fully saturated rings. The van der Waals surface area contributed by atoms with Crippen LogP contribution in [-0.4, -0.2) is 15.5 Å². The number of hydrogen-bond donors (Lipinski definition) is 1. The SMILES string of the molecule is Cc1ccc(-c2c(-c3ccc(F)cc3)ncn2C2CCCCC2)c(C)c1NC(=O)c1ccco1. The van der Waals surface area contributed by atoms with E-state index in [0.29, 0.717) is 6.04 Å². The number of halogens is 1. The molecule has 4 aromatic rings. The molecule has 0 saturated heterocycles. The predicted molar refractivity (Wildman–Crippen MR) is 131 cm³/mol. The summed E-state index contributed by atoms with van der Waals surface area (Å²) in [6.45, 7) is 4.00. The molecule has 2 heterocycles. The lowest BCUT2D eigenvalue weighted by atomic mass is 9.93. The van der Waals surface area contributed by atoms with Crippen molar-refractivity contribution in [3.8, 4) is 22.5 Å². The van der Waals surface area contributed by atoms with Crippen LogP contribution in [0.4, 0.5) is 10.1 Å². The third kappa shape index (κ3) is 4.16. The van der Waals surface area contributed by atoms with Gasteiger partial charge in [0.05, 0.1) is 24.0 Å². The minimum Gasteiger partial charge on any atom is -0.459 e. The van der Waals surface area contributed by atoms with Gasteiger partial charge in [0, 0.05) is 22.9 Å². The first-order valence-corrected chi connectivity index (χ1v) is 11.8. The first kappa shape index (κ1) is 22.1. The number of imidazole rings is 1. The molecular formula is C28H28FN3O2.